The zero-order valence-electron chi connectivity index (χ0n) is 19.5. The van der Waals surface area contributed by atoms with Crippen molar-refractivity contribution in [3.05, 3.63) is 12.2 Å². The molecule has 0 bridgehead atoms. The summed E-state index contributed by atoms with van der Waals surface area (Å²) in [4.78, 5) is 52.9. The molecule has 0 aromatic rings. The third-order valence-electron chi connectivity index (χ3n) is 7.21. The Hall–Kier alpha value is -2.43. The molecule has 10 nitrogen and oxygen atoms in total. The minimum Gasteiger partial charge on any atom is -0.345 e. The van der Waals surface area contributed by atoms with Crippen LogP contribution in [0.25, 0.3) is 0 Å². The zero-order chi connectivity index (χ0) is 24.5. The standard InChI is InChI=1S/C23H34N4O6S/c1-15(28)24-18-9-6-4-2-3-5-8-16-14-23(16,22(31)26-34(32,33)17-11-12-17)25-20(29)19-10-7-13-27(19)21(18)30/h5,8,16-19H,2-4,6-7,9-14H2,1H3,(H,24,28)(H,25,29)(H,26,31)/b8-5-/t16-,18-,19-,23+/m0/s1. The van der Waals surface area contributed by atoms with Crippen LogP contribution in [0.1, 0.15) is 71.1 Å². The molecule has 4 atom stereocenters. The van der Waals surface area contributed by atoms with Crippen LogP contribution >= 0.6 is 0 Å². The van der Waals surface area contributed by atoms with Crippen molar-refractivity contribution in [1.29, 1.82) is 0 Å². The van der Waals surface area contributed by atoms with Gasteiger partial charge in [-0.1, -0.05) is 25.0 Å². The minimum absolute atomic E-state index is 0.289. The predicted molar refractivity (Wildman–Crippen MR) is 124 cm³/mol. The fraction of sp³-hybridized carbons (Fsp3) is 0.739. The monoisotopic (exact) mass is 494 g/mol. The predicted octanol–water partition coefficient (Wildman–Crippen LogP) is 0.486. The molecule has 188 valence electrons. The van der Waals surface area contributed by atoms with Gasteiger partial charge >= 0.3 is 0 Å². The van der Waals surface area contributed by atoms with Crippen molar-refractivity contribution >= 4 is 33.7 Å². The Balaban J connectivity index is 1.56. The summed E-state index contributed by atoms with van der Waals surface area (Å²) in [6, 6.07) is -1.45. The van der Waals surface area contributed by atoms with Gasteiger partial charge in [0.2, 0.25) is 27.7 Å². The molecule has 3 N–H and O–H groups in total. The smallest absolute Gasteiger partial charge is 0.259 e. The number of carbonyl (C=O) groups is 4. The third kappa shape index (κ3) is 5.29. The van der Waals surface area contributed by atoms with E-state index in [1.807, 2.05) is 12.2 Å². The lowest BCUT2D eigenvalue weighted by molar-refractivity contribution is -0.142. The molecule has 0 aromatic heterocycles. The maximum atomic E-state index is 13.3. The van der Waals surface area contributed by atoms with Crippen molar-refractivity contribution in [2.75, 3.05) is 6.54 Å². The summed E-state index contributed by atoms with van der Waals surface area (Å²) in [6.07, 6.45) is 10.1. The van der Waals surface area contributed by atoms with Gasteiger partial charge in [-0.15, -0.1) is 0 Å². The molecule has 2 aliphatic heterocycles. The Labute approximate surface area is 200 Å². The van der Waals surface area contributed by atoms with Gasteiger partial charge in [-0.3, -0.25) is 23.9 Å². The molecule has 11 heteroatoms. The number of rotatable bonds is 4. The molecular weight excluding hydrogens is 460 g/mol. The number of hydrogen-bond donors (Lipinski definition) is 3. The van der Waals surface area contributed by atoms with Crippen molar-refractivity contribution in [2.45, 2.75) is 94.0 Å². The average Bonchev–Trinajstić information content (AvgIpc) is 3.68. The topological polar surface area (TPSA) is 142 Å². The molecule has 4 amide bonds. The average molecular weight is 495 g/mol. The number of fused-ring (bicyclic) bond motifs is 2. The Morgan fingerprint density at radius 1 is 1.09 bits per heavy atom. The molecule has 4 rings (SSSR count). The number of carbonyl (C=O) groups excluding carboxylic acids is 4. The summed E-state index contributed by atoms with van der Waals surface area (Å²) < 4.78 is 27.0. The first-order chi connectivity index (χ1) is 16.1. The SMILES string of the molecule is CC(=O)N[C@H]1CCCCC/C=C\[C@H]2C[C@@]2(C(=O)NS(=O)(=O)C2CC2)NC(=O)[C@@H]2CCCN2C1=O. The second kappa shape index (κ2) is 9.67. The van der Waals surface area contributed by atoms with Gasteiger partial charge in [0.05, 0.1) is 5.25 Å². The molecule has 3 fully saturated rings. The molecule has 2 aliphatic carbocycles. The number of nitrogens with one attached hydrogen (secondary N) is 3. The molecule has 0 aromatic carbocycles. The molecule has 1 saturated heterocycles. The highest BCUT2D eigenvalue weighted by molar-refractivity contribution is 7.91. The highest BCUT2D eigenvalue weighted by atomic mass is 32.2. The minimum atomic E-state index is -3.76. The van der Waals surface area contributed by atoms with Crippen molar-refractivity contribution < 1.29 is 27.6 Å². The molecule has 2 heterocycles. The molecule has 34 heavy (non-hydrogen) atoms. The maximum Gasteiger partial charge on any atom is 0.259 e. The van der Waals surface area contributed by atoms with E-state index in [4.69, 9.17) is 0 Å². The first-order valence-corrected chi connectivity index (χ1v) is 13.8. The number of hydrogen-bond acceptors (Lipinski definition) is 6. The lowest BCUT2D eigenvalue weighted by Gasteiger charge is -2.30. The van der Waals surface area contributed by atoms with E-state index in [-0.39, 0.29) is 17.7 Å². The second-order valence-corrected chi connectivity index (χ2v) is 11.9. The lowest BCUT2D eigenvalue weighted by Crippen LogP contribution is -2.58. The first kappa shape index (κ1) is 24.7. The van der Waals surface area contributed by atoms with E-state index in [0.29, 0.717) is 45.1 Å². The van der Waals surface area contributed by atoms with Crippen LogP contribution in [0.5, 0.6) is 0 Å². The maximum absolute atomic E-state index is 13.3. The number of allylic oxidation sites excluding steroid dienone is 1. The summed E-state index contributed by atoms with van der Waals surface area (Å²) in [5, 5.41) is 5.00. The van der Waals surface area contributed by atoms with Crippen LogP contribution in [0.2, 0.25) is 0 Å². The second-order valence-electron chi connectivity index (χ2n) is 9.96. The zero-order valence-corrected chi connectivity index (χ0v) is 20.4. The summed E-state index contributed by atoms with van der Waals surface area (Å²) in [5.74, 6) is -2.06. The van der Waals surface area contributed by atoms with Gasteiger partial charge in [0.25, 0.3) is 5.91 Å². The molecule has 4 aliphatic rings. The van der Waals surface area contributed by atoms with E-state index in [2.05, 4.69) is 15.4 Å². The Bertz CT molecular complexity index is 991. The summed E-state index contributed by atoms with van der Waals surface area (Å²) >= 11 is 0. The van der Waals surface area contributed by atoms with Crippen LogP contribution in [-0.4, -0.2) is 66.4 Å². The van der Waals surface area contributed by atoms with E-state index in [0.717, 1.165) is 25.7 Å². The van der Waals surface area contributed by atoms with Crippen molar-refractivity contribution in [3.8, 4) is 0 Å². The normalized spacial score (nSPS) is 33.4. The van der Waals surface area contributed by atoms with Gasteiger partial charge in [0.15, 0.2) is 0 Å². The number of amides is 4. The van der Waals surface area contributed by atoms with Crippen molar-refractivity contribution in [1.82, 2.24) is 20.3 Å². The molecule has 2 saturated carbocycles. The molecule has 0 spiro atoms. The highest BCUT2D eigenvalue weighted by Crippen LogP contribution is 2.46. The van der Waals surface area contributed by atoms with Crippen LogP contribution < -0.4 is 15.4 Å². The van der Waals surface area contributed by atoms with Crippen LogP contribution in [0.4, 0.5) is 0 Å². The highest BCUT2D eigenvalue weighted by Gasteiger charge is 2.61. The number of sulfonamides is 1. The number of nitrogens with zero attached hydrogens (tertiary/aromatic N) is 1. The van der Waals surface area contributed by atoms with Gasteiger partial charge in [0, 0.05) is 19.4 Å². The van der Waals surface area contributed by atoms with Gasteiger partial charge in [-0.05, 0) is 51.4 Å². The van der Waals surface area contributed by atoms with Gasteiger partial charge in [-0.2, -0.15) is 0 Å². The van der Waals surface area contributed by atoms with Crippen molar-refractivity contribution in [3.63, 3.8) is 0 Å². The van der Waals surface area contributed by atoms with Gasteiger partial charge < -0.3 is 15.5 Å². The van der Waals surface area contributed by atoms with Crippen LogP contribution in [0.3, 0.4) is 0 Å². The first-order valence-electron chi connectivity index (χ1n) is 12.3. The Morgan fingerprint density at radius 3 is 2.56 bits per heavy atom. The van der Waals surface area contributed by atoms with E-state index in [1.54, 1.807) is 0 Å². The Morgan fingerprint density at radius 2 is 1.85 bits per heavy atom. The van der Waals surface area contributed by atoms with E-state index in [9.17, 15) is 27.6 Å². The van der Waals surface area contributed by atoms with Gasteiger partial charge in [0.1, 0.15) is 17.6 Å². The lowest BCUT2D eigenvalue weighted by atomic mass is 10.0. The fourth-order valence-electron chi connectivity index (χ4n) is 5.02. The van der Waals surface area contributed by atoms with E-state index >= 15 is 0 Å². The van der Waals surface area contributed by atoms with Crippen molar-refractivity contribution in [2.24, 2.45) is 5.92 Å². The molecule has 0 unspecified atom stereocenters. The van der Waals surface area contributed by atoms with Gasteiger partial charge in [-0.25, -0.2) is 8.42 Å². The van der Waals surface area contributed by atoms with E-state index in [1.165, 1.54) is 11.8 Å². The summed E-state index contributed by atoms with van der Waals surface area (Å²) in [7, 11) is -3.76. The quantitative estimate of drug-likeness (QED) is 0.486. The van der Waals surface area contributed by atoms with Crippen LogP contribution in [0.15, 0.2) is 12.2 Å². The molecule has 0 radical (unpaired) electrons. The van der Waals surface area contributed by atoms with Crippen LogP contribution in [0, 0.1) is 5.92 Å². The van der Waals surface area contributed by atoms with E-state index < -0.39 is 44.7 Å². The summed E-state index contributed by atoms with van der Waals surface area (Å²) in [5.41, 5.74) is -1.33. The van der Waals surface area contributed by atoms with Crippen LogP contribution in [-0.2, 0) is 29.2 Å². The Kier molecular flexibility index (Phi) is 7.02. The largest absolute Gasteiger partial charge is 0.345 e. The fourth-order valence-corrected chi connectivity index (χ4v) is 6.38. The third-order valence-corrected chi connectivity index (χ3v) is 9.03. The molecular formula is C23H34N4O6S. The summed E-state index contributed by atoms with van der Waals surface area (Å²) in [6.45, 7) is 1.76.